The molecule has 108 valence electrons. The number of hydrogen-bond donors (Lipinski definition) is 1. The number of likely N-dealkylation sites (N-methyl/N-ethyl adjacent to an activating group) is 1. The summed E-state index contributed by atoms with van der Waals surface area (Å²) in [5.74, 6) is 0. The van der Waals surface area contributed by atoms with Gasteiger partial charge in [-0.1, -0.05) is 51.1 Å². The predicted octanol–water partition coefficient (Wildman–Crippen LogP) is 3.70. The molecular formula is C17H30N2. The Kier molecular flexibility index (Phi) is 6.02. The Hall–Kier alpha value is -0.860. The van der Waals surface area contributed by atoms with E-state index < -0.39 is 0 Å². The van der Waals surface area contributed by atoms with Crippen molar-refractivity contribution in [1.82, 2.24) is 10.2 Å². The van der Waals surface area contributed by atoms with Gasteiger partial charge >= 0.3 is 0 Å². The Morgan fingerprint density at radius 2 is 1.68 bits per heavy atom. The first-order chi connectivity index (χ1) is 8.79. The quantitative estimate of drug-likeness (QED) is 0.841. The summed E-state index contributed by atoms with van der Waals surface area (Å²) in [5, 5.41) is 3.73. The fraction of sp³-hybridized carbons (Fsp3) is 0.647. The standard InChI is InChI=1S/C17H30N2/c1-14(19(5)6)13-18-16(12-17(2,3)4)15-10-8-7-9-11-15/h7-11,14,16,18H,12-13H2,1-6H3. The molecule has 0 saturated heterocycles. The van der Waals surface area contributed by atoms with Gasteiger partial charge in [-0.3, -0.25) is 0 Å². The third-order valence-corrected chi connectivity index (χ3v) is 3.56. The Morgan fingerprint density at radius 3 is 2.16 bits per heavy atom. The fourth-order valence-electron chi connectivity index (χ4n) is 2.10. The summed E-state index contributed by atoms with van der Waals surface area (Å²) in [5.41, 5.74) is 1.72. The second-order valence-electron chi connectivity index (χ2n) is 6.95. The third kappa shape index (κ3) is 6.22. The highest BCUT2D eigenvalue weighted by Gasteiger charge is 2.20. The van der Waals surface area contributed by atoms with Gasteiger partial charge in [-0.2, -0.15) is 0 Å². The lowest BCUT2D eigenvalue weighted by Crippen LogP contribution is -2.38. The molecule has 2 unspecified atom stereocenters. The number of benzene rings is 1. The van der Waals surface area contributed by atoms with Gasteiger partial charge in [0, 0.05) is 18.6 Å². The Balaban J connectivity index is 2.71. The minimum Gasteiger partial charge on any atom is -0.308 e. The van der Waals surface area contributed by atoms with Crippen molar-refractivity contribution in [2.24, 2.45) is 5.41 Å². The van der Waals surface area contributed by atoms with Crippen LogP contribution in [0.25, 0.3) is 0 Å². The fourth-order valence-corrected chi connectivity index (χ4v) is 2.10. The topological polar surface area (TPSA) is 15.3 Å². The maximum Gasteiger partial charge on any atom is 0.0325 e. The van der Waals surface area contributed by atoms with Gasteiger partial charge < -0.3 is 10.2 Å². The normalized spacial score (nSPS) is 15.5. The first-order valence-corrected chi connectivity index (χ1v) is 7.24. The average Bonchev–Trinajstić information content (AvgIpc) is 2.33. The van der Waals surface area contributed by atoms with Crippen LogP contribution in [0.15, 0.2) is 30.3 Å². The first kappa shape index (κ1) is 16.2. The van der Waals surface area contributed by atoms with Crippen molar-refractivity contribution in [3.63, 3.8) is 0 Å². The van der Waals surface area contributed by atoms with Gasteiger partial charge in [0.15, 0.2) is 0 Å². The maximum absolute atomic E-state index is 3.73. The third-order valence-electron chi connectivity index (χ3n) is 3.56. The van der Waals surface area contributed by atoms with Crippen molar-refractivity contribution < 1.29 is 0 Å². The Bertz CT molecular complexity index is 351. The molecule has 2 atom stereocenters. The molecule has 0 spiro atoms. The molecule has 0 fully saturated rings. The Labute approximate surface area is 119 Å². The summed E-state index contributed by atoms with van der Waals surface area (Å²) < 4.78 is 0. The summed E-state index contributed by atoms with van der Waals surface area (Å²) in [6, 6.07) is 11.8. The van der Waals surface area contributed by atoms with Gasteiger partial charge in [0.2, 0.25) is 0 Å². The SMILES string of the molecule is CC(CNC(CC(C)(C)C)c1ccccc1)N(C)C. The minimum absolute atomic E-state index is 0.328. The van der Waals surface area contributed by atoms with E-state index in [0.717, 1.165) is 13.0 Å². The molecule has 19 heavy (non-hydrogen) atoms. The van der Waals surface area contributed by atoms with Crippen LogP contribution < -0.4 is 5.32 Å². The molecular weight excluding hydrogens is 232 g/mol. The highest BCUT2D eigenvalue weighted by Crippen LogP contribution is 2.29. The average molecular weight is 262 g/mol. The molecule has 0 amide bonds. The van der Waals surface area contributed by atoms with Crippen LogP contribution in [0.2, 0.25) is 0 Å². The highest BCUT2D eigenvalue weighted by molar-refractivity contribution is 5.19. The molecule has 0 aliphatic rings. The molecule has 0 heterocycles. The van der Waals surface area contributed by atoms with E-state index in [1.54, 1.807) is 0 Å². The number of rotatable bonds is 6. The van der Waals surface area contributed by atoms with Gasteiger partial charge in [-0.15, -0.1) is 0 Å². The molecule has 2 heteroatoms. The van der Waals surface area contributed by atoms with Crippen LogP contribution in [0.4, 0.5) is 0 Å². The molecule has 0 aromatic heterocycles. The monoisotopic (exact) mass is 262 g/mol. The lowest BCUT2D eigenvalue weighted by atomic mass is 9.85. The van der Waals surface area contributed by atoms with E-state index in [-0.39, 0.29) is 0 Å². The zero-order valence-corrected chi connectivity index (χ0v) is 13.4. The Morgan fingerprint density at radius 1 is 1.11 bits per heavy atom. The summed E-state index contributed by atoms with van der Waals surface area (Å²) >= 11 is 0. The van der Waals surface area contributed by atoms with E-state index >= 15 is 0 Å². The molecule has 0 bridgehead atoms. The van der Waals surface area contributed by atoms with E-state index in [0.29, 0.717) is 17.5 Å². The van der Waals surface area contributed by atoms with E-state index in [1.165, 1.54) is 5.56 Å². The summed E-state index contributed by atoms with van der Waals surface area (Å²) in [6.45, 7) is 10.2. The minimum atomic E-state index is 0.328. The lowest BCUT2D eigenvalue weighted by Gasteiger charge is -2.29. The molecule has 0 aliphatic carbocycles. The van der Waals surface area contributed by atoms with Gasteiger partial charge in [-0.25, -0.2) is 0 Å². The molecule has 1 aromatic rings. The molecule has 0 aliphatic heterocycles. The maximum atomic E-state index is 3.73. The van der Waals surface area contributed by atoms with E-state index in [4.69, 9.17) is 0 Å². The van der Waals surface area contributed by atoms with Crippen molar-refractivity contribution in [3.8, 4) is 0 Å². The van der Waals surface area contributed by atoms with Crippen molar-refractivity contribution in [3.05, 3.63) is 35.9 Å². The van der Waals surface area contributed by atoms with Crippen molar-refractivity contribution >= 4 is 0 Å². The summed E-state index contributed by atoms with van der Waals surface area (Å²) in [4.78, 5) is 2.26. The smallest absolute Gasteiger partial charge is 0.0325 e. The van der Waals surface area contributed by atoms with Crippen LogP contribution in [-0.4, -0.2) is 31.6 Å². The zero-order chi connectivity index (χ0) is 14.5. The molecule has 0 saturated carbocycles. The predicted molar refractivity (Wildman–Crippen MR) is 84.4 cm³/mol. The van der Waals surface area contributed by atoms with Crippen molar-refractivity contribution in [2.75, 3.05) is 20.6 Å². The molecule has 1 aromatic carbocycles. The van der Waals surface area contributed by atoms with Crippen LogP contribution in [0.5, 0.6) is 0 Å². The molecule has 1 rings (SSSR count). The van der Waals surface area contributed by atoms with E-state index in [2.05, 4.69) is 82.3 Å². The van der Waals surface area contributed by atoms with Gasteiger partial charge in [0.25, 0.3) is 0 Å². The largest absolute Gasteiger partial charge is 0.308 e. The number of nitrogens with zero attached hydrogens (tertiary/aromatic N) is 1. The van der Waals surface area contributed by atoms with E-state index in [9.17, 15) is 0 Å². The zero-order valence-electron chi connectivity index (χ0n) is 13.4. The van der Waals surface area contributed by atoms with Crippen LogP contribution in [0.1, 0.15) is 45.7 Å². The van der Waals surface area contributed by atoms with Crippen LogP contribution in [0.3, 0.4) is 0 Å². The molecule has 0 radical (unpaired) electrons. The van der Waals surface area contributed by atoms with Gasteiger partial charge in [0.1, 0.15) is 0 Å². The van der Waals surface area contributed by atoms with Crippen molar-refractivity contribution in [2.45, 2.75) is 46.2 Å². The second-order valence-corrected chi connectivity index (χ2v) is 6.95. The lowest BCUT2D eigenvalue weighted by molar-refractivity contribution is 0.265. The van der Waals surface area contributed by atoms with Crippen LogP contribution in [0, 0.1) is 5.41 Å². The second kappa shape index (κ2) is 7.06. The number of hydrogen-bond acceptors (Lipinski definition) is 2. The van der Waals surface area contributed by atoms with Crippen LogP contribution in [-0.2, 0) is 0 Å². The molecule has 1 N–H and O–H groups in total. The van der Waals surface area contributed by atoms with E-state index in [1.807, 2.05) is 0 Å². The summed E-state index contributed by atoms with van der Waals surface area (Å²) in [7, 11) is 4.27. The van der Waals surface area contributed by atoms with Crippen LogP contribution >= 0.6 is 0 Å². The molecule has 2 nitrogen and oxygen atoms in total. The van der Waals surface area contributed by atoms with Gasteiger partial charge in [0.05, 0.1) is 0 Å². The first-order valence-electron chi connectivity index (χ1n) is 7.24. The summed E-state index contributed by atoms with van der Waals surface area (Å²) in [6.07, 6.45) is 1.15. The van der Waals surface area contributed by atoms with Crippen molar-refractivity contribution in [1.29, 1.82) is 0 Å². The number of nitrogens with one attached hydrogen (secondary N) is 1. The highest BCUT2D eigenvalue weighted by atomic mass is 15.1. The van der Waals surface area contributed by atoms with Gasteiger partial charge in [-0.05, 0) is 38.4 Å².